The minimum atomic E-state index is 0.539. The number of hydrogen-bond acceptors (Lipinski definition) is 3. The van der Waals surface area contributed by atoms with Crippen LogP contribution in [0.15, 0.2) is 35.0 Å². The number of hydrogen-bond donors (Lipinski definition) is 1. The molecule has 0 amide bonds. The first-order chi connectivity index (χ1) is 11.2. The molecular formula is C19H19N3O. The van der Waals surface area contributed by atoms with Gasteiger partial charge in [0.2, 0.25) is 0 Å². The molecule has 1 saturated carbocycles. The van der Waals surface area contributed by atoms with Crippen LogP contribution >= 0.6 is 0 Å². The molecule has 4 heteroatoms. The van der Waals surface area contributed by atoms with E-state index in [0.29, 0.717) is 17.8 Å². The lowest BCUT2D eigenvalue weighted by Crippen LogP contribution is -2.08. The fourth-order valence-corrected chi connectivity index (χ4v) is 4.27. The average molecular weight is 305 g/mol. The first kappa shape index (κ1) is 13.1. The Hall–Kier alpha value is -2.36. The number of aryl methyl sites for hydroxylation is 2. The molecule has 23 heavy (non-hydrogen) atoms. The van der Waals surface area contributed by atoms with Crippen molar-refractivity contribution in [1.29, 1.82) is 0 Å². The zero-order chi connectivity index (χ0) is 15.6. The van der Waals surface area contributed by atoms with Crippen molar-refractivity contribution in [3.63, 3.8) is 0 Å². The van der Waals surface area contributed by atoms with E-state index in [-0.39, 0.29) is 0 Å². The van der Waals surface area contributed by atoms with Crippen molar-refractivity contribution in [2.45, 2.75) is 26.2 Å². The molecule has 0 bridgehead atoms. The predicted octanol–water partition coefficient (Wildman–Crippen LogP) is 3.77. The monoisotopic (exact) mass is 305 g/mol. The van der Waals surface area contributed by atoms with Crippen LogP contribution in [-0.4, -0.2) is 23.0 Å². The largest absolute Gasteiger partial charge is 0.493 e. The number of aromatic nitrogens is 2. The Bertz CT molecular complexity index is 842. The zero-order valence-corrected chi connectivity index (χ0v) is 13.3. The smallest absolute Gasteiger partial charge is 0.122 e. The lowest BCUT2D eigenvalue weighted by molar-refractivity contribution is 0.276. The zero-order valence-electron chi connectivity index (χ0n) is 13.3. The third-order valence-electron chi connectivity index (χ3n) is 5.40. The molecule has 2 aliphatic heterocycles. The summed E-state index contributed by atoms with van der Waals surface area (Å²) < 4.78 is 6.00. The Morgan fingerprint density at radius 1 is 1.22 bits per heavy atom. The number of benzene rings is 1. The molecule has 1 aromatic heterocycles. The van der Waals surface area contributed by atoms with Gasteiger partial charge in [-0.15, -0.1) is 0 Å². The van der Waals surface area contributed by atoms with Gasteiger partial charge in [-0.05, 0) is 37.1 Å². The fourth-order valence-electron chi connectivity index (χ4n) is 4.27. The summed E-state index contributed by atoms with van der Waals surface area (Å²) in [4.78, 5) is 4.56. The van der Waals surface area contributed by atoms with Gasteiger partial charge in [-0.25, -0.2) is 0 Å². The van der Waals surface area contributed by atoms with E-state index in [4.69, 9.17) is 4.74 Å². The van der Waals surface area contributed by atoms with E-state index >= 15 is 0 Å². The number of aliphatic imine (C=N–C) groups is 1. The van der Waals surface area contributed by atoms with Gasteiger partial charge in [0.05, 0.1) is 12.3 Å². The molecule has 116 valence electrons. The van der Waals surface area contributed by atoms with E-state index in [1.54, 1.807) is 0 Å². The molecular weight excluding hydrogens is 286 g/mol. The number of allylic oxidation sites excluding steroid dienone is 2. The Morgan fingerprint density at radius 3 is 2.87 bits per heavy atom. The van der Waals surface area contributed by atoms with Crippen molar-refractivity contribution in [1.82, 2.24) is 10.2 Å². The minimum absolute atomic E-state index is 0.539. The standard InChI is InChI=1S/C19H19N3O/c1-10-17(11(2)22-21-10)12-5-6-16-13(8-12)18-14(9-23-16)19(18)15-4-3-7-20-15/h4-8,14,18-19H,3,9H2,1-2H3,(H,21,22)/t14-,18+,19-/m0/s1. The van der Waals surface area contributed by atoms with E-state index in [0.717, 1.165) is 30.2 Å². The molecule has 1 fully saturated rings. The van der Waals surface area contributed by atoms with Crippen LogP contribution in [0.4, 0.5) is 0 Å². The second-order valence-corrected chi connectivity index (χ2v) is 6.76. The number of nitrogens with zero attached hydrogens (tertiary/aromatic N) is 2. The quantitative estimate of drug-likeness (QED) is 0.918. The van der Waals surface area contributed by atoms with Crippen LogP contribution in [0.3, 0.4) is 0 Å². The van der Waals surface area contributed by atoms with Gasteiger partial charge < -0.3 is 4.74 Å². The topological polar surface area (TPSA) is 50.3 Å². The highest BCUT2D eigenvalue weighted by Crippen LogP contribution is 2.62. The van der Waals surface area contributed by atoms with Crippen molar-refractivity contribution < 1.29 is 4.74 Å². The molecule has 3 heterocycles. The van der Waals surface area contributed by atoms with Gasteiger partial charge in [-0.3, -0.25) is 10.1 Å². The highest BCUT2D eigenvalue weighted by Gasteiger charge is 2.56. The van der Waals surface area contributed by atoms with Crippen molar-refractivity contribution in [2.75, 3.05) is 6.61 Å². The maximum atomic E-state index is 6.00. The SMILES string of the molecule is Cc1n[nH]c(C)c1-c1ccc2c(c1)[C@@H]1[C@H](CO2)[C@H]1C1=CCC=N1. The van der Waals surface area contributed by atoms with Crippen LogP contribution in [0, 0.1) is 25.7 Å². The van der Waals surface area contributed by atoms with Crippen LogP contribution < -0.4 is 4.74 Å². The van der Waals surface area contributed by atoms with Crippen molar-refractivity contribution in [3.8, 4) is 16.9 Å². The third-order valence-corrected chi connectivity index (χ3v) is 5.40. The Morgan fingerprint density at radius 2 is 2.13 bits per heavy atom. The number of nitrogens with one attached hydrogen (secondary N) is 1. The van der Waals surface area contributed by atoms with E-state index in [9.17, 15) is 0 Å². The minimum Gasteiger partial charge on any atom is -0.493 e. The van der Waals surface area contributed by atoms with Gasteiger partial charge in [0.1, 0.15) is 5.75 Å². The Balaban J connectivity index is 1.57. The highest BCUT2D eigenvalue weighted by molar-refractivity contribution is 5.71. The van der Waals surface area contributed by atoms with Crippen LogP contribution in [0.5, 0.6) is 5.75 Å². The van der Waals surface area contributed by atoms with E-state index in [2.05, 4.69) is 53.3 Å². The number of H-pyrrole nitrogens is 1. The second kappa shape index (κ2) is 4.57. The van der Waals surface area contributed by atoms with Crippen LogP contribution in [0.2, 0.25) is 0 Å². The molecule has 1 aliphatic carbocycles. The lowest BCUT2D eigenvalue weighted by Gasteiger charge is -2.17. The maximum absolute atomic E-state index is 6.00. The third kappa shape index (κ3) is 1.84. The Labute approximate surface area is 135 Å². The lowest BCUT2D eigenvalue weighted by atomic mass is 9.97. The normalized spacial score (nSPS) is 27.2. The number of ether oxygens (including phenoxy) is 1. The summed E-state index contributed by atoms with van der Waals surface area (Å²) in [6, 6.07) is 6.57. The van der Waals surface area contributed by atoms with Crippen LogP contribution in [0.25, 0.3) is 11.1 Å². The van der Waals surface area contributed by atoms with Gasteiger partial charge in [0.15, 0.2) is 0 Å². The molecule has 1 aromatic carbocycles. The van der Waals surface area contributed by atoms with E-state index in [1.165, 1.54) is 22.4 Å². The summed E-state index contributed by atoms with van der Waals surface area (Å²) in [5.74, 6) is 2.73. The van der Waals surface area contributed by atoms with Gasteiger partial charge in [-0.1, -0.05) is 12.1 Å². The molecule has 3 aliphatic rings. The maximum Gasteiger partial charge on any atom is 0.122 e. The summed E-state index contributed by atoms with van der Waals surface area (Å²) in [5, 5.41) is 7.41. The summed E-state index contributed by atoms with van der Waals surface area (Å²) in [6.07, 6.45) is 5.25. The molecule has 0 saturated heterocycles. The van der Waals surface area contributed by atoms with E-state index < -0.39 is 0 Å². The van der Waals surface area contributed by atoms with Crippen molar-refractivity contribution in [3.05, 3.63) is 46.9 Å². The molecule has 0 radical (unpaired) electrons. The van der Waals surface area contributed by atoms with Gasteiger partial charge in [-0.2, -0.15) is 5.10 Å². The van der Waals surface area contributed by atoms with Gasteiger partial charge in [0.25, 0.3) is 0 Å². The van der Waals surface area contributed by atoms with Crippen LogP contribution in [-0.2, 0) is 0 Å². The molecule has 2 aromatic rings. The molecule has 1 N–H and O–H groups in total. The summed E-state index contributed by atoms with van der Waals surface area (Å²) in [7, 11) is 0. The average Bonchev–Trinajstić information content (AvgIpc) is 2.88. The van der Waals surface area contributed by atoms with Crippen LogP contribution in [0.1, 0.15) is 29.3 Å². The molecule has 0 spiro atoms. The predicted molar refractivity (Wildman–Crippen MR) is 89.9 cm³/mol. The summed E-state index contributed by atoms with van der Waals surface area (Å²) in [5.41, 5.74) is 7.21. The Kier molecular flexibility index (Phi) is 2.61. The molecule has 4 nitrogen and oxygen atoms in total. The first-order valence-electron chi connectivity index (χ1n) is 8.25. The highest BCUT2D eigenvalue weighted by atomic mass is 16.5. The number of fused-ring (bicyclic) bond motifs is 3. The van der Waals surface area contributed by atoms with E-state index in [1.807, 2.05) is 6.21 Å². The molecule has 3 atom stereocenters. The summed E-state index contributed by atoms with van der Waals surface area (Å²) in [6.45, 7) is 4.94. The number of aromatic amines is 1. The molecule has 0 unspecified atom stereocenters. The fraction of sp³-hybridized carbons (Fsp3) is 0.368. The summed E-state index contributed by atoms with van der Waals surface area (Å²) >= 11 is 0. The van der Waals surface area contributed by atoms with Gasteiger partial charge >= 0.3 is 0 Å². The molecule has 5 rings (SSSR count). The first-order valence-corrected chi connectivity index (χ1v) is 8.25. The second-order valence-electron chi connectivity index (χ2n) is 6.76. The van der Waals surface area contributed by atoms with Crippen molar-refractivity contribution >= 4 is 6.21 Å². The van der Waals surface area contributed by atoms with Crippen molar-refractivity contribution in [2.24, 2.45) is 16.8 Å². The van der Waals surface area contributed by atoms with Gasteiger partial charge in [0, 0.05) is 47.3 Å². The number of rotatable bonds is 2.